The van der Waals surface area contributed by atoms with Gasteiger partial charge < -0.3 is 39.6 Å². The SMILES string of the molecule is CO[C@@H]1[C@H](OC(=O)NCC[C@@H](O)C[C@@H](O)CC(=O)O)CC[C@]2(CO2)[C@H]1[C@@]1(C)O[C@@H]1CC=C(C)C. The Morgan fingerprint density at radius 2 is 1.97 bits per heavy atom. The molecule has 34 heavy (non-hydrogen) atoms. The smallest absolute Gasteiger partial charge is 0.407 e. The van der Waals surface area contributed by atoms with E-state index in [0.717, 1.165) is 12.8 Å². The van der Waals surface area contributed by atoms with Crippen molar-refractivity contribution >= 4 is 12.1 Å². The number of nitrogens with one attached hydrogen (secondary N) is 1. The van der Waals surface area contributed by atoms with Gasteiger partial charge >= 0.3 is 12.1 Å². The van der Waals surface area contributed by atoms with E-state index in [1.54, 1.807) is 7.11 Å². The summed E-state index contributed by atoms with van der Waals surface area (Å²) in [6.07, 6.45) is 0.558. The van der Waals surface area contributed by atoms with Crippen molar-refractivity contribution in [2.45, 2.75) is 101 Å². The van der Waals surface area contributed by atoms with E-state index in [-0.39, 0.29) is 43.1 Å². The lowest BCUT2D eigenvalue weighted by molar-refractivity contribution is -0.139. The van der Waals surface area contributed by atoms with Crippen molar-refractivity contribution in [1.82, 2.24) is 5.32 Å². The predicted octanol–water partition coefficient (Wildman–Crippen LogP) is 1.77. The maximum atomic E-state index is 12.4. The molecule has 1 aliphatic carbocycles. The average Bonchev–Trinajstić information content (AvgIpc) is 3.64. The van der Waals surface area contributed by atoms with Crippen molar-refractivity contribution in [1.29, 1.82) is 0 Å². The fraction of sp³-hybridized carbons (Fsp3) is 0.833. The minimum atomic E-state index is -1.13. The Morgan fingerprint density at radius 3 is 2.56 bits per heavy atom. The van der Waals surface area contributed by atoms with Gasteiger partial charge in [-0.25, -0.2) is 4.79 Å². The van der Waals surface area contributed by atoms with Crippen LogP contribution < -0.4 is 5.32 Å². The first-order valence-electron chi connectivity index (χ1n) is 12.0. The number of amides is 1. The van der Waals surface area contributed by atoms with Crippen molar-refractivity contribution < 1.29 is 43.9 Å². The highest BCUT2D eigenvalue weighted by Gasteiger charge is 2.72. The zero-order valence-corrected chi connectivity index (χ0v) is 20.5. The van der Waals surface area contributed by atoms with Crippen molar-refractivity contribution in [2.75, 3.05) is 20.3 Å². The molecule has 10 nitrogen and oxygen atoms in total. The van der Waals surface area contributed by atoms with Gasteiger partial charge in [0.25, 0.3) is 0 Å². The number of carbonyl (C=O) groups is 2. The van der Waals surface area contributed by atoms with Crippen LogP contribution in [-0.2, 0) is 23.7 Å². The number of aliphatic hydroxyl groups is 2. The zero-order valence-electron chi connectivity index (χ0n) is 20.5. The summed E-state index contributed by atoms with van der Waals surface area (Å²) in [5.74, 6) is -1.20. The standard InChI is InChI=1S/C24H39NO9/c1-14(2)5-6-18-23(3,34-18)21-20(31-4)17(7-9-24(21)13-32-24)33-22(30)25-10-8-15(26)11-16(27)12-19(28)29/h5,15-18,20-21,26-27H,6-13H2,1-4H3,(H,25,30)(H,28,29)/t15-,16-,17-,18-,20-,21-,23+,24+/m1/s1. The first kappa shape index (κ1) is 26.9. The van der Waals surface area contributed by atoms with Gasteiger partial charge in [0.15, 0.2) is 0 Å². The third-order valence-electron chi connectivity index (χ3n) is 7.20. The number of aliphatic carboxylic acids is 1. The molecule has 0 radical (unpaired) electrons. The summed E-state index contributed by atoms with van der Waals surface area (Å²) in [5, 5.41) is 30.8. The molecule has 4 N–H and O–H groups in total. The minimum absolute atomic E-state index is 0.0651. The third-order valence-corrected chi connectivity index (χ3v) is 7.20. The van der Waals surface area contributed by atoms with Crippen molar-refractivity contribution in [3.05, 3.63) is 11.6 Å². The minimum Gasteiger partial charge on any atom is -0.481 e. The summed E-state index contributed by atoms with van der Waals surface area (Å²) in [4.78, 5) is 23.0. The molecule has 1 saturated carbocycles. The first-order chi connectivity index (χ1) is 16.0. The van der Waals surface area contributed by atoms with Crippen LogP contribution in [0.1, 0.15) is 59.3 Å². The number of hydrogen-bond donors (Lipinski definition) is 4. The van der Waals surface area contributed by atoms with Crippen LogP contribution in [0.4, 0.5) is 4.79 Å². The van der Waals surface area contributed by atoms with E-state index in [1.165, 1.54) is 5.57 Å². The summed E-state index contributed by atoms with van der Waals surface area (Å²) in [5.41, 5.74) is 0.524. The molecule has 0 aromatic rings. The Kier molecular flexibility index (Phi) is 8.62. The fourth-order valence-electron chi connectivity index (χ4n) is 5.31. The molecule has 8 atom stereocenters. The molecule has 194 valence electrons. The van der Waals surface area contributed by atoms with Gasteiger partial charge in [-0.3, -0.25) is 4.79 Å². The number of ether oxygens (including phenoxy) is 4. The maximum absolute atomic E-state index is 12.4. The van der Waals surface area contributed by atoms with E-state index >= 15 is 0 Å². The Labute approximate surface area is 200 Å². The molecule has 1 amide bonds. The monoisotopic (exact) mass is 485 g/mol. The van der Waals surface area contributed by atoms with E-state index < -0.39 is 42.4 Å². The van der Waals surface area contributed by atoms with E-state index in [4.69, 9.17) is 24.1 Å². The number of rotatable bonds is 12. The number of epoxide rings is 2. The summed E-state index contributed by atoms with van der Waals surface area (Å²) in [7, 11) is 1.61. The van der Waals surface area contributed by atoms with Gasteiger partial charge in [-0.2, -0.15) is 0 Å². The van der Waals surface area contributed by atoms with Gasteiger partial charge in [-0.1, -0.05) is 11.6 Å². The fourth-order valence-corrected chi connectivity index (χ4v) is 5.31. The average molecular weight is 486 g/mol. The lowest BCUT2D eigenvalue weighted by Crippen LogP contribution is -2.56. The Morgan fingerprint density at radius 1 is 1.26 bits per heavy atom. The molecule has 1 spiro atoms. The van der Waals surface area contributed by atoms with Crippen LogP contribution in [0, 0.1) is 5.92 Å². The maximum Gasteiger partial charge on any atom is 0.407 e. The molecular formula is C24H39NO9. The molecule has 0 aromatic heterocycles. The van der Waals surface area contributed by atoms with E-state index in [2.05, 4.69) is 32.2 Å². The van der Waals surface area contributed by atoms with Crippen LogP contribution in [0.15, 0.2) is 11.6 Å². The van der Waals surface area contributed by atoms with Crippen molar-refractivity contribution in [3.8, 4) is 0 Å². The number of allylic oxidation sites excluding steroid dienone is 1. The van der Waals surface area contributed by atoms with Crippen LogP contribution in [0.25, 0.3) is 0 Å². The molecule has 2 aliphatic heterocycles. The lowest BCUT2D eigenvalue weighted by atomic mass is 9.68. The largest absolute Gasteiger partial charge is 0.481 e. The second-order valence-corrected chi connectivity index (χ2v) is 10.2. The second-order valence-electron chi connectivity index (χ2n) is 10.2. The van der Waals surface area contributed by atoms with Gasteiger partial charge in [0, 0.05) is 13.7 Å². The van der Waals surface area contributed by atoms with E-state index in [9.17, 15) is 19.8 Å². The van der Waals surface area contributed by atoms with Gasteiger partial charge in [0.05, 0.1) is 37.3 Å². The van der Waals surface area contributed by atoms with Crippen molar-refractivity contribution in [2.24, 2.45) is 5.92 Å². The van der Waals surface area contributed by atoms with Crippen molar-refractivity contribution in [3.63, 3.8) is 0 Å². The number of aliphatic hydroxyl groups excluding tert-OH is 2. The second kappa shape index (κ2) is 10.9. The zero-order chi connectivity index (χ0) is 25.1. The van der Waals surface area contributed by atoms with Gasteiger partial charge in [0.1, 0.15) is 23.4 Å². The van der Waals surface area contributed by atoms with Crippen LogP contribution >= 0.6 is 0 Å². The number of carboxylic acids is 1. The number of carboxylic acid groups (broad SMARTS) is 1. The summed E-state index contributed by atoms with van der Waals surface area (Å²) < 4.78 is 23.6. The van der Waals surface area contributed by atoms with Crippen LogP contribution in [0.2, 0.25) is 0 Å². The van der Waals surface area contributed by atoms with Crippen LogP contribution in [-0.4, -0.2) is 89.4 Å². The highest BCUT2D eigenvalue weighted by atomic mass is 16.6. The third kappa shape index (κ3) is 6.48. The highest BCUT2D eigenvalue weighted by Crippen LogP contribution is 2.59. The summed E-state index contributed by atoms with van der Waals surface area (Å²) in [6.45, 7) is 6.98. The lowest BCUT2D eigenvalue weighted by Gasteiger charge is -2.42. The van der Waals surface area contributed by atoms with E-state index in [0.29, 0.717) is 13.0 Å². The Bertz CT molecular complexity index is 764. The molecule has 2 saturated heterocycles. The highest BCUT2D eigenvalue weighted by molar-refractivity contribution is 5.67. The van der Waals surface area contributed by atoms with Gasteiger partial charge in [-0.05, 0) is 52.9 Å². The molecule has 0 bridgehead atoms. The number of hydrogen-bond acceptors (Lipinski definition) is 8. The Hall–Kier alpha value is -1.72. The molecule has 10 heteroatoms. The number of carbonyl (C=O) groups excluding carboxylic acids is 1. The quantitative estimate of drug-likeness (QED) is 0.239. The predicted molar refractivity (Wildman–Crippen MR) is 121 cm³/mol. The molecule has 0 unspecified atom stereocenters. The molecule has 3 rings (SSSR count). The van der Waals surface area contributed by atoms with Crippen LogP contribution in [0.5, 0.6) is 0 Å². The molecular weight excluding hydrogens is 446 g/mol. The van der Waals surface area contributed by atoms with E-state index in [1.807, 2.05) is 0 Å². The number of alkyl carbamates (subject to hydrolysis) is 1. The molecule has 3 fully saturated rings. The topological polar surface area (TPSA) is 150 Å². The Balaban J connectivity index is 1.51. The summed E-state index contributed by atoms with van der Waals surface area (Å²) in [6, 6.07) is 0. The normalized spacial score (nSPS) is 35.8. The molecule has 3 aliphatic rings. The molecule has 2 heterocycles. The van der Waals surface area contributed by atoms with Gasteiger partial charge in [0.2, 0.25) is 0 Å². The first-order valence-corrected chi connectivity index (χ1v) is 12.0. The number of methoxy groups -OCH3 is 1. The van der Waals surface area contributed by atoms with Crippen LogP contribution in [0.3, 0.4) is 0 Å². The summed E-state index contributed by atoms with van der Waals surface area (Å²) >= 11 is 0. The van der Waals surface area contributed by atoms with Gasteiger partial charge in [-0.15, -0.1) is 0 Å². The molecule has 0 aromatic carbocycles.